The molecule has 0 saturated carbocycles. The van der Waals surface area contributed by atoms with Gasteiger partial charge in [-0.15, -0.1) is 11.3 Å². The van der Waals surface area contributed by atoms with Crippen molar-refractivity contribution in [3.05, 3.63) is 53.0 Å². The third-order valence-corrected chi connectivity index (χ3v) is 6.04. The topological polar surface area (TPSA) is 59.0 Å². The molecule has 0 amide bonds. The highest BCUT2D eigenvalue weighted by molar-refractivity contribution is 7.18. The van der Waals surface area contributed by atoms with Crippen LogP contribution >= 0.6 is 11.3 Å². The molecule has 0 radical (unpaired) electrons. The molecule has 0 saturated heterocycles. The zero-order valence-corrected chi connectivity index (χ0v) is 19.0. The molecule has 0 aliphatic heterocycles. The second-order valence-electron chi connectivity index (χ2n) is 7.01. The third-order valence-electron chi connectivity index (χ3n) is 4.95. The molecule has 1 heterocycles. The number of hydrogen-bond acceptors (Lipinski definition) is 5. The van der Waals surface area contributed by atoms with Gasteiger partial charge >= 0.3 is 0 Å². The Balaban J connectivity index is 1.45. The van der Waals surface area contributed by atoms with Gasteiger partial charge in [-0.3, -0.25) is 4.99 Å². The minimum Gasteiger partial charge on any atom is -0.493 e. The van der Waals surface area contributed by atoms with E-state index >= 15 is 0 Å². The van der Waals surface area contributed by atoms with E-state index in [0.29, 0.717) is 0 Å². The van der Waals surface area contributed by atoms with E-state index in [1.54, 1.807) is 25.6 Å². The maximum absolute atomic E-state index is 5.39. The Hall–Kier alpha value is -2.80. The van der Waals surface area contributed by atoms with Crippen molar-refractivity contribution in [3.63, 3.8) is 0 Å². The van der Waals surface area contributed by atoms with Crippen LogP contribution < -0.4 is 14.8 Å². The number of aliphatic imine (C=N–C) groups is 1. The van der Waals surface area contributed by atoms with Gasteiger partial charge in [0.2, 0.25) is 0 Å². The zero-order valence-electron chi connectivity index (χ0n) is 18.1. The standard InChI is InChI=1S/C23H30N4O2S/c1-24-23(25-14-7-10-22-26-18-8-5-6-9-21(18)30-22)27(2)15-13-17-11-12-19(28-3)20(16-17)29-4/h5-6,8-9,11-12,16H,7,10,13-15H2,1-4H3,(H,24,25). The molecule has 30 heavy (non-hydrogen) atoms. The predicted octanol–water partition coefficient (Wildman–Crippen LogP) is 4.00. The van der Waals surface area contributed by atoms with Crippen molar-refractivity contribution in [1.29, 1.82) is 0 Å². The summed E-state index contributed by atoms with van der Waals surface area (Å²) < 4.78 is 12.0. The molecule has 0 unspecified atom stereocenters. The maximum Gasteiger partial charge on any atom is 0.193 e. The average molecular weight is 427 g/mol. The number of thiazole rings is 1. The van der Waals surface area contributed by atoms with Gasteiger partial charge in [-0.1, -0.05) is 18.2 Å². The highest BCUT2D eigenvalue weighted by Gasteiger charge is 2.09. The molecule has 6 nitrogen and oxygen atoms in total. The molecular formula is C23H30N4O2S. The lowest BCUT2D eigenvalue weighted by Gasteiger charge is -2.22. The van der Waals surface area contributed by atoms with Crippen molar-refractivity contribution >= 4 is 27.5 Å². The number of fused-ring (bicyclic) bond motifs is 1. The van der Waals surface area contributed by atoms with Crippen LogP contribution in [-0.2, 0) is 12.8 Å². The summed E-state index contributed by atoms with van der Waals surface area (Å²) in [6.45, 7) is 1.72. The zero-order chi connectivity index (χ0) is 21.3. The van der Waals surface area contributed by atoms with E-state index in [2.05, 4.69) is 46.5 Å². The Kier molecular flexibility index (Phi) is 7.90. The summed E-state index contributed by atoms with van der Waals surface area (Å²) in [5, 5.41) is 4.65. The molecule has 160 valence electrons. The molecule has 2 aromatic carbocycles. The summed E-state index contributed by atoms with van der Waals surface area (Å²) in [5.74, 6) is 2.41. The molecule has 0 fully saturated rings. The summed E-state index contributed by atoms with van der Waals surface area (Å²) in [6.07, 6.45) is 2.88. The molecular weight excluding hydrogens is 396 g/mol. The maximum atomic E-state index is 5.39. The lowest BCUT2D eigenvalue weighted by Crippen LogP contribution is -2.40. The number of rotatable bonds is 9. The number of aromatic nitrogens is 1. The summed E-state index contributed by atoms with van der Waals surface area (Å²) in [4.78, 5) is 11.3. The van der Waals surface area contributed by atoms with Crippen LogP contribution in [0.3, 0.4) is 0 Å². The number of benzene rings is 2. The Labute approximate surface area is 182 Å². The van der Waals surface area contributed by atoms with Crippen molar-refractivity contribution in [2.24, 2.45) is 4.99 Å². The van der Waals surface area contributed by atoms with E-state index in [1.807, 2.05) is 25.2 Å². The lowest BCUT2D eigenvalue weighted by atomic mass is 10.1. The quantitative estimate of drug-likeness (QED) is 0.318. The Morgan fingerprint density at radius 3 is 2.63 bits per heavy atom. The molecule has 1 N–H and O–H groups in total. The normalized spacial score (nSPS) is 11.5. The molecule has 0 atom stereocenters. The predicted molar refractivity (Wildman–Crippen MR) is 125 cm³/mol. The molecule has 1 aromatic heterocycles. The molecule has 3 rings (SSSR count). The van der Waals surface area contributed by atoms with Gasteiger partial charge in [0.15, 0.2) is 17.5 Å². The Morgan fingerprint density at radius 2 is 1.90 bits per heavy atom. The van der Waals surface area contributed by atoms with Gasteiger partial charge in [-0.05, 0) is 42.7 Å². The van der Waals surface area contributed by atoms with Crippen LogP contribution in [0.5, 0.6) is 11.5 Å². The fourth-order valence-corrected chi connectivity index (χ4v) is 4.30. The Morgan fingerprint density at radius 1 is 1.10 bits per heavy atom. The van der Waals surface area contributed by atoms with E-state index in [9.17, 15) is 0 Å². The monoisotopic (exact) mass is 426 g/mol. The van der Waals surface area contributed by atoms with Crippen LogP contribution in [0.2, 0.25) is 0 Å². The number of aryl methyl sites for hydroxylation is 1. The first-order valence-corrected chi connectivity index (χ1v) is 10.9. The summed E-state index contributed by atoms with van der Waals surface area (Å²) in [5.41, 5.74) is 2.29. The molecule has 0 bridgehead atoms. The first-order chi connectivity index (χ1) is 14.6. The number of nitrogens with one attached hydrogen (secondary N) is 1. The van der Waals surface area contributed by atoms with Crippen LogP contribution in [0.25, 0.3) is 10.2 Å². The minimum atomic E-state index is 0.750. The van der Waals surface area contributed by atoms with Gasteiger partial charge < -0.3 is 19.7 Å². The number of methoxy groups -OCH3 is 2. The first-order valence-electron chi connectivity index (χ1n) is 10.1. The van der Waals surface area contributed by atoms with Gasteiger partial charge in [0.1, 0.15) is 0 Å². The van der Waals surface area contributed by atoms with E-state index in [4.69, 9.17) is 14.5 Å². The fourth-order valence-electron chi connectivity index (χ4n) is 3.29. The SMILES string of the molecule is CN=C(NCCCc1nc2ccccc2s1)N(C)CCc1ccc(OC)c(OC)c1. The Bertz CT molecular complexity index is 953. The van der Waals surface area contributed by atoms with Gasteiger partial charge in [0.25, 0.3) is 0 Å². The lowest BCUT2D eigenvalue weighted by molar-refractivity contribution is 0.354. The first kappa shape index (κ1) is 21.9. The highest BCUT2D eigenvalue weighted by Crippen LogP contribution is 2.27. The number of nitrogens with zero attached hydrogens (tertiary/aromatic N) is 3. The number of hydrogen-bond donors (Lipinski definition) is 1. The largest absolute Gasteiger partial charge is 0.493 e. The van der Waals surface area contributed by atoms with Crippen molar-refractivity contribution < 1.29 is 9.47 Å². The van der Waals surface area contributed by atoms with E-state index in [1.165, 1.54) is 15.3 Å². The van der Waals surface area contributed by atoms with Crippen LogP contribution in [0.4, 0.5) is 0 Å². The van der Waals surface area contributed by atoms with Gasteiger partial charge in [0, 0.05) is 33.6 Å². The van der Waals surface area contributed by atoms with Crippen LogP contribution in [0, 0.1) is 0 Å². The number of likely N-dealkylation sites (N-methyl/N-ethyl adjacent to an activating group) is 1. The summed E-state index contributed by atoms with van der Waals surface area (Å²) >= 11 is 1.78. The van der Waals surface area contributed by atoms with Crippen LogP contribution in [0.1, 0.15) is 17.0 Å². The van der Waals surface area contributed by atoms with Crippen LogP contribution in [0.15, 0.2) is 47.5 Å². The number of ether oxygens (including phenoxy) is 2. The van der Waals surface area contributed by atoms with Gasteiger partial charge in [0.05, 0.1) is 29.4 Å². The van der Waals surface area contributed by atoms with Crippen molar-refractivity contribution in [3.8, 4) is 11.5 Å². The van der Waals surface area contributed by atoms with Gasteiger partial charge in [-0.2, -0.15) is 0 Å². The van der Waals surface area contributed by atoms with E-state index in [-0.39, 0.29) is 0 Å². The second kappa shape index (κ2) is 10.8. The number of para-hydroxylation sites is 1. The van der Waals surface area contributed by atoms with Crippen molar-refractivity contribution in [2.75, 3.05) is 41.4 Å². The smallest absolute Gasteiger partial charge is 0.193 e. The summed E-state index contributed by atoms with van der Waals surface area (Å²) in [6, 6.07) is 14.4. The van der Waals surface area contributed by atoms with Crippen molar-refractivity contribution in [1.82, 2.24) is 15.2 Å². The van der Waals surface area contributed by atoms with E-state index < -0.39 is 0 Å². The van der Waals surface area contributed by atoms with Crippen LogP contribution in [-0.4, -0.2) is 57.2 Å². The molecule has 0 spiro atoms. The minimum absolute atomic E-state index is 0.750. The molecule has 0 aliphatic rings. The fraction of sp³-hybridized carbons (Fsp3) is 0.391. The highest BCUT2D eigenvalue weighted by atomic mass is 32.1. The van der Waals surface area contributed by atoms with Crippen molar-refractivity contribution in [2.45, 2.75) is 19.3 Å². The average Bonchev–Trinajstić information content (AvgIpc) is 3.20. The number of guanidine groups is 1. The molecule has 0 aliphatic carbocycles. The molecule has 3 aromatic rings. The van der Waals surface area contributed by atoms with Gasteiger partial charge in [-0.25, -0.2) is 4.98 Å². The third kappa shape index (κ3) is 5.63. The second-order valence-corrected chi connectivity index (χ2v) is 8.13. The summed E-state index contributed by atoms with van der Waals surface area (Å²) in [7, 11) is 7.19. The molecule has 7 heteroatoms. The van der Waals surface area contributed by atoms with E-state index in [0.717, 1.165) is 55.3 Å².